The first-order valence-corrected chi connectivity index (χ1v) is 6.99. The van der Waals surface area contributed by atoms with Crippen LogP contribution in [-0.2, 0) is 9.47 Å². The van der Waals surface area contributed by atoms with Crippen LogP contribution < -0.4 is 5.73 Å². The fraction of sp³-hybridized carbons (Fsp3) is 0.846. The van der Waals surface area contributed by atoms with Crippen LogP contribution in [0.1, 0.15) is 20.8 Å². The first-order valence-electron chi connectivity index (χ1n) is 6.99. The summed E-state index contributed by atoms with van der Waals surface area (Å²) in [4.78, 5) is 19.9. The Labute approximate surface area is 119 Å². The van der Waals surface area contributed by atoms with Gasteiger partial charge in [0.25, 0.3) is 0 Å². The van der Waals surface area contributed by atoms with Crippen LogP contribution in [-0.4, -0.2) is 72.9 Å². The number of guanidine groups is 1. The molecule has 2 fully saturated rings. The SMILES string of the molecule is CC(C)(C)OC(=O)N1CC(N=C(N)N2CCOCC2)C1. The van der Waals surface area contributed by atoms with E-state index < -0.39 is 5.60 Å². The largest absolute Gasteiger partial charge is 0.444 e. The molecule has 0 aromatic carbocycles. The van der Waals surface area contributed by atoms with Crippen molar-refractivity contribution in [1.29, 1.82) is 0 Å². The molecular formula is C13H24N4O3. The molecule has 20 heavy (non-hydrogen) atoms. The lowest BCUT2D eigenvalue weighted by Crippen LogP contribution is -2.55. The van der Waals surface area contributed by atoms with Gasteiger partial charge >= 0.3 is 6.09 Å². The predicted octanol–water partition coefficient (Wildman–Crippen LogP) is 0.253. The zero-order valence-electron chi connectivity index (χ0n) is 12.5. The smallest absolute Gasteiger partial charge is 0.410 e. The number of aliphatic imine (C=N–C) groups is 1. The molecule has 2 saturated heterocycles. The fourth-order valence-electron chi connectivity index (χ4n) is 2.07. The van der Waals surface area contributed by atoms with E-state index in [1.54, 1.807) is 4.90 Å². The lowest BCUT2D eigenvalue weighted by molar-refractivity contribution is 0.00883. The summed E-state index contributed by atoms with van der Waals surface area (Å²) in [5, 5.41) is 0. The van der Waals surface area contributed by atoms with Crippen molar-refractivity contribution in [2.75, 3.05) is 39.4 Å². The summed E-state index contributed by atoms with van der Waals surface area (Å²) >= 11 is 0. The maximum atomic E-state index is 11.8. The Morgan fingerprint density at radius 3 is 2.40 bits per heavy atom. The Morgan fingerprint density at radius 2 is 1.85 bits per heavy atom. The molecule has 114 valence electrons. The number of nitrogens with zero attached hydrogens (tertiary/aromatic N) is 3. The van der Waals surface area contributed by atoms with Crippen molar-refractivity contribution < 1.29 is 14.3 Å². The first-order chi connectivity index (χ1) is 9.35. The summed E-state index contributed by atoms with van der Waals surface area (Å²) in [6.07, 6.45) is -0.283. The normalized spacial score (nSPS) is 21.6. The number of rotatable bonds is 1. The summed E-state index contributed by atoms with van der Waals surface area (Å²) in [7, 11) is 0. The number of nitrogens with two attached hydrogens (primary N) is 1. The Bertz CT molecular complexity index is 380. The fourth-order valence-corrected chi connectivity index (χ4v) is 2.07. The van der Waals surface area contributed by atoms with Crippen molar-refractivity contribution in [3.8, 4) is 0 Å². The van der Waals surface area contributed by atoms with Gasteiger partial charge < -0.3 is 25.0 Å². The van der Waals surface area contributed by atoms with Crippen LogP contribution in [0.15, 0.2) is 4.99 Å². The molecule has 0 spiro atoms. The van der Waals surface area contributed by atoms with E-state index in [9.17, 15) is 4.79 Å². The molecule has 0 unspecified atom stereocenters. The van der Waals surface area contributed by atoms with Crippen molar-refractivity contribution in [3.05, 3.63) is 0 Å². The summed E-state index contributed by atoms with van der Waals surface area (Å²) in [5.41, 5.74) is 5.51. The van der Waals surface area contributed by atoms with Crippen molar-refractivity contribution in [2.24, 2.45) is 10.7 Å². The molecule has 1 amide bonds. The molecule has 0 radical (unpaired) electrons. The van der Waals surface area contributed by atoms with E-state index in [1.165, 1.54) is 0 Å². The van der Waals surface area contributed by atoms with Crippen LogP contribution >= 0.6 is 0 Å². The van der Waals surface area contributed by atoms with Gasteiger partial charge in [-0.1, -0.05) is 0 Å². The van der Waals surface area contributed by atoms with Crippen molar-refractivity contribution in [3.63, 3.8) is 0 Å². The predicted molar refractivity (Wildman–Crippen MR) is 75.6 cm³/mol. The van der Waals surface area contributed by atoms with Gasteiger partial charge in [0.2, 0.25) is 0 Å². The van der Waals surface area contributed by atoms with Crippen molar-refractivity contribution in [2.45, 2.75) is 32.4 Å². The summed E-state index contributed by atoms with van der Waals surface area (Å²) < 4.78 is 10.6. The summed E-state index contributed by atoms with van der Waals surface area (Å²) in [5.74, 6) is 0.544. The van der Waals surface area contributed by atoms with Gasteiger partial charge in [-0.25, -0.2) is 9.79 Å². The average molecular weight is 284 g/mol. The first kappa shape index (κ1) is 14.9. The molecule has 2 heterocycles. The van der Waals surface area contributed by atoms with Crippen LogP contribution in [0.4, 0.5) is 4.79 Å². The van der Waals surface area contributed by atoms with Crippen LogP contribution in [0.5, 0.6) is 0 Å². The van der Waals surface area contributed by atoms with Crippen LogP contribution in [0, 0.1) is 0 Å². The average Bonchev–Trinajstić information content (AvgIpc) is 2.31. The van der Waals surface area contributed by atoms with Gasteiger partial charge in [0.05, 0.1) is 19.3 Å². The van der Waals surface area contributed by atoms with E-state index in [0.29, 0.717) is 32.3 Å². The lowest BCUT2D eigenvalue weighted by Gasteiger charge is -2.38. The second-order valence-electron chi connectivity index (χ2n) is 6.13. The molecule has 2 rings (SSSR count). The highest BCUT2D eigenvalue weighted by Crippen LogP contribution is 2.17. The molecule has 7 heteroatoms. The van der Waals surface area contributed by atoms with Gasteiger partial charge in [0.1, 0.15) is 5.60 Å². The van der Waals surface area contributed by atoms with Gasteiger partial charge in [0.15, 0.2) is 5.96 Å². The second kappa shape index (κ2) is 5.87. The number of hydrogen-bond donors (Lipinski definition) is 1. The zero-order valence-corrected chi connectivity index (χ0v) is 12.5. The molecule has 0 aliphatic carbocycles. The van der Waals surface area contributed by atoms with Gasteiger partial charge in [-0.3, -0.25) is 0 Å². The Hall–Kier alpha value is -1.50. The third-order valence-corrected chi connectivity index (χ3v) is 3.16. The van der Waals surface area contributed by atoms with Crippen LogP contribution in [0.25, 0.3) is 0 Å². The molecule has 0 bridgehead atoms. The highest BCUT2D eigenvalue weighted by Gasteiger charge is 2.34. The molecule has 2 aliphatic rings. The topological polar surface area (TPSA) is 80.4 Å². The molecule has 7 nitrogen and oxygen atoms in total. The van der Waals surface area contributed by atoms with Crippen molar-refractivity contribution >= 4 is 12.1 Å². The maximum Gasteiger partial charge on any atom is 0.410 e. The van der Waals surface area contributed by atoms with Crippen LogP contribution in [0.3, 0.4) is 0 Å². The Balaban J connectivity index is 1.76. The number of carbonyl (C=O) groups excluding carboxylic acids is 1. The number of ether oxygens (including phenoxy) is 2. The minimum absolute atomic E-state index is 0.0744. The molecule has 0 saturated carbocycles. The summed E-state index contributed by atoms with van der Waals surface area (Å²) in [6.45, 7) is 9.63. The lowest BCUT2D eigenvalue weighted by atomic mass is 10.1. The maximum absolute atomic E-state index is 11.8. The van der Waals surface area contributed by atoms with E-state index in [2.05, 4.69) is 4.99 Å². The van der Waals surface area contributed by atoms with Crippen molar-refractivity contribution in [1.82, 2.24) is 9.80 Å². The number of likely N-dealkylation sites (tertiary alicyclic amines) is 1. The van der Waals surface area contributed by atoms with Gasteiger partial charge in [-0.2, -0.15) is 0 Å². The molecule has 2 N–H and O–H groups in total. The van der Waals surface area contributed by atoms with E-state index >= 15 is 0 Å². The van der Waals surface area contributed by atoms with Gasteiger partial charge in [-0.15, -0.1) is 0 Å². The number of amides is 1. The monoisotopic (exact) mass is 284 g/mol. The quantitative estimate of drug-likeness (QED) is 0.551. The molecule has 0 atom stereocenters. The standard InChI is InChI=1S/C13H24N4O3/c1-13(2,3)20-12(18)17-8-10(9-17)15-11(14)16-4-6-19-7-5-16/h10H,4-9H2,1-3H3,(H2,14,15). The zero-order chi connectivity index (χ0) is 14.8. The van der Waals surface area contributed by atoms with Crippen LogP contribution in [0.2, 0.25) is 0 Å². The number of morpholine rings is 1. The third-order valence-electron chi connectivity index (χ3n) is 3.16. The van der Waals surface area contributed by atoms with E-state index in [1.807, 2.05) is 25.7 Å². The minimum Gasteiger partial charge on any atom is -0.444 e. The summed E-state index contributed by atoms with van der Waals surface area (Å²) in [6, 6.07) is 0.0744. The van der Waals surface area contributed by atoms with E-state index in [0.717, 1.165) is 13.1 Å². The Morgan fingerprint density at radius 1 is 1.25 bits per heavy atom. The molecule has 0 aromatic heterocycles. The molecule has 2 aliphatic heterocycles. The number of hydrogen-bond acceptors (Lipinski definition) is 4. The highest BCUT2D eigenvalue weighted by atomic mass is 16.6. The Kier molecular flexibility index (Phi) is 4.37. The second-order valence-corrected chi connectivity index (χ2v) is 6.13. The molecular weight excluding hydrogens is 260 g/mol. The highest BCUT2D eigenvalue weighted by molar-refractivity contribution is 5.78. The van der Waals surface area contributed by atoms with Gasteiger partial charge in [0, 0.05) is 26.2 Å². The minimum atomic E-state index is -0.460. The third kappa shape index (κ3) is 4.00. The molecule has 0 aromatic rings. The van der Waals surface area contributed by atoms with Gasteiger partial charge in [-0.05, 0) is 20.8 Å². The van der Waals surface area contributed by atoms with E-state index in [4.69, 9.17) is 15.2 Å². The number of carbonyl (C=O) groups is 1. The van der Waals surface area contributed by atoms with E-state index in [-0.39, 0.29) is 12.1 Å².